The minimum atomic E-state index is -0.0630. The number of likely N-dealkylation sites (tertiary alicyclic amines) is 1. The van der Waals surface area contributed by atoms with Gasteiger partial charge < -0.3 is 10.2 Å². The summed E-state index contributed by atoms with van der Waals surface area (Å²) in [5.41, 5.74) is 0.545. The van der Waals surface area contributed by atoms with Gasteiger partial charge in [0.1, 0.15) is 0 Å². The second-order valence-electron chi connectivity index (χ2n) is 6.26. The lowest BCUT2D eigenvalue weighted by Gasteiger charge is -2.23. The normalized spacial score (nSPS) is 23.0. The fourth-order valence-corrected chi connectivity index (χ4v) is 3.82. The number of amides is 1. The van der Waals surface area contributed by atoms with Crippen LogP contribution in [0.4, 0.5) is 0 Å². The largest absolute Gasteiger partial charge is 0.352 e. The van der Waals surface area contributed by atoms with Gasteiger partial charge in [-0.1, -0.05) is 24.6 Å². The smallest absolute Gasteiger partial charge is 0.254 e. The molecule has 0 aromatic carbocycles. The predicted octanol–water partition coefficient (Wildman–Crippen LogP) is 2.19. The van der Waals surface area contributed by atoms with Gasteiger partial charge in [0.05, 0.1) is 5.56 Å². The molecule has 1 aromatic rings. The third-order valence-corrected chi connectivity index (χ3v) is 5.36. The fourth-order valence-electron chi connectivity index (χ4n) is 3.51. The second-order valence-corrected chi connectivity index (χ2v) is 7.03. The molecule has 5 nitrogen and oxygen atoms in total. The molecule has 2 aliphatic rings. The van der Waals surface area contributed by atoms with Crippen LogP contribution in [0.1, 0.15) is 42.5 Å². The minimum Gasteiger partial charge on any atom is -0.352 e. The molecule has 1 N–H and O–H groups in total. The first-order chi connectivity index (χ1) is 10.8. The van der Waals surface area contributed by atoms with Crippen molar-refractivity contribution in [2.24, 2.45) is 5.92 Å². The van der Waals surface area contributed by atoms with E-state index in [0.717, 1.165) is 19.1 Å². The van der Waals surface area contributed by atoms with Crippen molar-refractivity contribution in [3.63, 3.8) is 0 Å². The van der Waals surface area contributed by atoms with Gasteiger partial charge in [-0.3, -0.25) is 4.79 Å². The lowest BCUT2D eigenvalue weighted by molar-refractivity contribution is 0.0946. The summed E-state index contributed by atoms with van der Waals surface area (Å²) in [5, 5.41) is 3.73. The zero-order valence-corrected chi connectivity index (χ0v) is 13.9. The Morgan fingerprint density at radius 2 is 2.05 bits per heavy atom. The number of hydrogen-bond acceptors (Lipinski definition) is 5. The van der Waals surface area contributed by atoms with Crippen molar-refractivity contribution >= 4 is 17.7 Å². The van der Waals surface area contributed by atoms with E-state index in [1.807, 2.05) is 6.26 Å². The molecule has 1 aliphatic heterocycles. The average Bonchev–Trinajstić information content (AvgIpc) is 3.23. The van der Waals surface area contributed by atoms with Crippen molar-refractivity contribution in [3.05, 3.63) is 18.0 Å². The van der Waals surface area contributed by atoms with Crippen molar-refractivity contribution < 1.29 is 4.79 Å². The van der Waals surface area contributed by atoms with E-state index in [0.29, 0.717) is 16.6 Å². The molecule has 1 saturated heterocycles. The van der Waals surface area contributed by atoms with Crippen LogP contribution >= 0.6 is 11.8 Å². The third-order valence-electron chi connectivity index (χ3n) is 4.78. The summed E-state index contributed by atoms with van der Waals surface area (Å²) in [6.07, 6.45) is 11.8. The second kappa shape index (κ2) is 7.42. The van der Waals surface area contributed by atoms with E-state index in [4.69, 9.17) is 0 Å². The first kappa shape index (κ1) is 15.7. The Labute approximate surface area is 136 Å². The molecule has 1 amide bonds. The van der Waals surface area contributed by atoms with E-state index in [2.05, 4.69) is 20.2 Å². The Hall–Kier alpha value is -1.14. The van der Waals surface area contributed by atoms with Crippen molar-refractivity contribution in [3.8, 4) is 0 Å². The van der Waals surface area contributed by atoms with Gasteiger partial charge in [-0.05, 0) is 38.0 Å². The van der Waals surface area contributed by atoms with E-state index in [1.165, 1.54) is 50.4 Å². The summed E-state index contributed by atoms with van der Waals surface area (Å²) in [7, 11) is 0. The molecular weight excluding hydrogens is 296 g/mol. The van der Waals surface area contributed by atoms with Crippen molar-refractivity contribution in [2.45, 2.75) is 43.3 Å². The number of nitrogens with zero attached hydrogens (tertiary/aromatic N) is 3. The maximum Gasteiger partial charge on any atom is 0.254 e. The molecule has 0 bridgehead atoms. The summed E-state index contributed by atoms with van der Waals surface area (Å²) in [4.78, 5) is 23.0. The van der Waals surface area contributed by atoms with Crippen LogP contribution in [0, 0.1) is 5.92 Å². The first-order valence-corrected chi connectivity index (χ1v) is 9.37. The summed E-state index contributed by atoms with van der Waals surface area (Å²) < 4.78 is 0. The molecule has 1 unspecified atom stereocenters. The number of nitrogens with one attached hydrogen (secondary N) is 1. The fraction of sp³-hybridized carbons (Fsp3) is 0.688. The number of carbonyl (C=O) groups is 1. The molecule has 3 rings (SSSR count). The van der Waals surface area contributed by atoms with Crippen molar-refractivity contribution in [1.29, 1.82) is 0 Å². The molecule has 2 fully saturated rings. The molecule has 6 heteroatoms. The van der Waals surface area contributed by atoms with Crippen LogP contribution in [-0.2, 0) is 0 Å². The van der Waals surface area contributed by atoms with E-state index < -0.39 is 0 Å². The van der Waals surface area contributed by atoms with Gasteiger partial charge in [-0.15, -0.1) is 0 Å². The maximum atomic E-state index is 12.1. The SMILES string of the molecule is CSc1ncc(C(=O)NCC2CCN(C3CCCC3)C2)cn1. The number of thioether (sulfide) groups is 1. The number of aromatic nitrogens is 2. The topological polar surface area (TPSA) is 58.1 Å². The van der Waals surface area contributed by atoms with Crippen LogP contribution in [0.5, 0.6) is 0 Å². The first-order valence-electron chi connectivity index (χ1n) is 8.14. The highest BCUT2D eigenvalue weighted by Crippen LogP contribution is 2.28. The van der Waals surface area contributed by atoms with E-state index in [-0.39, 0.29) is 5.91 Å². The van der Waals surface area contributed by atoms with Crippen LogP contribution in [0.2, 0.25) is 0 Å². The predicted molar refractivity (Wildman–Crippen MR) is 88.1 cm³/mol. The van der Waals surface area contributed by atoms with Gasteiger partial charge in [0.25, 0.3) is 5.91 Å². The molecule has 1 saturated carbocycles. The molecule has 1 aromatic heterocycles. The summed E-state index contributed by atoms with van der Waals surface area (Å²) in [6.45, 7) is 3.08. The lowest BCUT2D eigenvalue weighted by atomic mass is 10.1. The molecule has 1 atom stereocenters. The highest BCUT2D eigenvalue weighted by atomic mass is 32.2. The van der Waals surface area contributed by atoms with Crippen LogP contribution in [0.25, 0.3) is 0 Å². The van der Waals surface area contributed by atoms with Crippen LogP contribution in [-0.4, -0.2) is 52.7 Å². The maximum absolute atomic E-state index is 12.1. The van der Waals surface area contributed by atoms with E-state index in [9.17, 15) is 4.79 Å². The average molecular weight is 320 g/mol. The summed E-state index contributed by atoms with van der Waals surface area (Å²) >= 11 is 1.48. The van der Waals surface area contributed by atoms with Gasteiger partial charge in [0.2, 0.25) is 0 Å². The Kier molecular flexibility index (Phi) is 5.31. The molecular formula is C16H24N4OS. The van der Waals surface area contributed by atoms with Crippen LogP contribution < -0.4 is 5.32 Å². The molecule has 0 radical (unpaired) electrons. The Balaban J connectivity index is 1.45. The molecule has 22 heavy (non-hydrogen) atoms. The van der Waals surface area contributed by atoms with Gasteiger partial charge in [-0.2, -0.15) is 0 Å². The quantitative estimate of drug-likeness (QED) is 0.666. The standard InChI is InChI=1S/C16H24N4OS/c1-22-16-18-9-13(10-19-16)15(21)17-8-12-6-7-20(11-12)14-4-2-3-5-14/h9-10,12,14H,2-8,11H2,1H3,(H,17,21). The highest BCUT2D eigenvalue weighted by molar-refractivity contribution is 7.98. The Morgan fingerprint density at radius 3 is 2.73 bits per heavy atom. The summed E-state index contributed by atoms with van der Waals surface area (Å²) in [6, 6.07) is 0.799. The monoisotopic (exact) mass is 320 g/mol. The third kappa shape index (κ3) is 3.79. The number of carbonyl (C=O) groups excluding carboxylic acids is 1. The molecule has 2 heterocycles. The zero-order valence-electron chi connectivity index (χ0n) is 13.1. The summed E-state index contributed by atoms with van der Waals surface area (Å²) in [5.74, 6) is 0.517. The van der Waals surface area contributed by atoms with Crippen LogP contribution in [0.15, 0.2) is 17.6 Å². The van der Waals surface area contributed by atoms with E-state index in [1.54, 1.807) is 12.4 Å². The Morgan fingerprint density at radius 1 is 1.32 bits per heavy atom. The molecule has 1 aliphatic carbocycles. The van der Waals surface area contributed by atoms with Gasteiger partial charge in [0.15, 0.2) is 5.16 Å². The van der Waals surface area contributed by atoms with Crippen molar-refractivity contribution in [2.75, 3.05) is 25.9 Å². The van der Waals surface area contributed by atoms with Crippen molar-refractivity contribution in [1.82, 2.24) is 20.2 Å². The lowest BCUT2D eigenvalue weighted by Crippen LogP contribution is -2.34. The highest BCUT2D eigenvalue weighted by Gasteiger charge is 2.29. The van der Waals surface area contributed by atoms with Gasteiger partial charge >= 0.3 is 0 Å². The van der Waals surface area contributed by atoms with E-state index >= 15 is 0 Å². The molecule has 120 valence electrons. The Bertz CT molecular complexity index is 501. The number of rotatable bonds is 5. The minimum absolute atomic E-state index is 0.0630. The zero-order chi connectivity index (χ0) is 15.4. The molecule has 0 spiro atoms. The van der Waals surface area contributed by atoms with Gasteiger partial charge in [0, 0.05) is 31.5 Å². The van der Waals surface area contributed by atoms with Gasteiger partial charge in [-0.25, -0.2) is 9.97 Å². The number of hydrogen-bond donors (Lipinski definition) is 1. The van der Waals surface area contributed by atoms with Crippen LogP contribution in [0.3, 0.4) is 0 Å².